The topological polar surface area (TPSA) is 72.3 Å². The lowest BCUT2D eigenvalue weighted by molar-refractivity contribution is 0.546. The van der Waals surface area contributed by atoms with E-state index in [4.69, 9.17) is 10.5 Å². The molecular formula is C8F4N4. The van der Waals surface area contributed by atoms with Crippen molar-refractivity contribution >= 4 is 11.4 Å². The third kappa shape index (κ3) is 1.68. The molecule has 0 N–H and O–H groups in total. The van der Waals surface area contributed by atoms with E-state index in [0.29, 0.717) is 0 Å². The van der Waals surface area contributed by atoms with Gasteiger partial charge in [0.15, 0.2) is 34.7 Å². The first-order valence-corrected chi connectivity index (χ1v) is 3.60. The summed E-state index contributed by atoms with van der Waals surface area (Å²) in [7, 11) is 0. The van der Waals surface area contributed by atoms with Gasteiger partial charge in [0, 0.05) is 0 Å². The quantitative estimate of drug-likeness (QED) is 0.362. The SMILES string of the molecule is N#CN=C1C(F)=C(F)C(=NC#N)C(F)=C1F. The average molecular weight is 228 g/mol. The first-order valence-electron chi connectivity index (χ1n) is 3.60. The Kier molecular flexibility index (Phi) is 3.16. The summed E-state index contributed by atoms with van der Waals surface area (Å²) in [6.45, 7) is 0. The first kappa shape index (κ1) is 11.6. The molecule has 1 aliphatic rings. The highest BCUT2D eigenvalue weighted by Gasteiger charge is 2.34. The van der Waals surface area contributed by atoms with Crippen molar-refractivity contribution in [2.75, 3.05) is 0 Å². The van der Waals surface area contributed by atoms with E-state index in [0.717, 1.165) is 12.4 Å². The number of aliphatic imine (C=N–C) groups is 2. The molecule has 0 aromatic rings. The Morgan fingerprint density at radius 1 is 0.688 bits per heavy atom. The lowest BCUT2D eigenvalue weighted by atomic mass is 10.1. The largest absolute Gasteiger partial charge is 0.206 e. The Hall–Kier alpha value is -2.48. The van der Waals surface area contributed by atoms with Gasteiger partial charge in [0.05, 0.1) is 0 Å². The minimum absolute atomic E-state index is 0.988. The summed E-state index contributed by atoms with van der Waals surface area (Å²) in [4.78, 5) is 5.16. The van der Waals surface area contributed by atoms with Gasteiger partial charge in [0.25, 0.3) is 0 Å². The fraction of sp³-hybridized carbons (Fsp3) is 0. The van der Waals surface area contributed by atoms with E-state index in [1.807, 2.05) is 0 Å². The molecule has 1 rings (SSSR count). The monoisotopic (exact) mass is 228 g/mol. The highest BCUT2D eigenvalue weighted by molar-refractivity contribution is 6.25. The Bertz CT molecular complexity index is 463. The molecule has 0 aromatic carbocycles. The summed E-state index contributed by atoms with van der Waals surface area (Å²) < 4.78 is 52.1. The van der Waals surface area contributed by atoms with Crippen molar-refractivity contribution in [3.8, 4) is 12.4 Å². The summed E-state index contributed by atoms with van der Waals surface area (Å²) in [6, 6.07) is 0. The molecule has 0 aromatic heterocycles. The maximum Gasteiger partial charge on any atom is 0.206 e. The fourth-order valence-corrected chi connectivity index (χ4v) is 0.905. The van der Waals surface area contributed by atoms with Crippen LogP contribution in [0.15, 0.2) is 33.3 Å². The Morgan fingerprint density at radius 3 is 1.12 bits per heavy atom. The molecule has 0 amide bonds. The van der Waals surface area contributed by atoms with Crippen molar-refractivity contribution in [3.05, 3.63) is 23.3 Å². The molecule has 0 saturated heterocycles. The van der Waals surface area contributed by atoms with Gasteiger partial charge in [-0.05, 0) is 0 Å². The van der Waals surface area contributed by atoms with Crippen LogP contribution >= 0.6 is 0 Å². The van der Waals surface area contributed by atoms with Gasteiger partial charge in [0.1, 0.15) is 0 Å². The lowest BCUT2D eigenvalue weighted by Gasteiger charge is -2.09. The third-order valence-corrected chi connectivity index (χ3v) is 1.54. The van der Waals surface area contributed by atoms with Crippen molar-refractivity contribution in [3.63, 3.8) is 0 Å². The summed E-state index contributed by atoms with van der Waals surface area (Å²) in [5.41, 5.74) is -2.79. The van der Waals surface area contributed by atoms with Crippen LogP contribution < -0.4 is 0 Å². The van der Waals surface area contributed by atoms with E-state index < -0.39 is 34.7 Å². The summed E-state index contributed by atoms with van der Waals surface area (Å²) in [5, 5.41) is 16.1. The molecule has 1 aliphatic carbocycles. The lowest BCUT2D eigenvalue weighted by Crippen LogP contribution is -2.17. The molecule has 0 bridgehead atoms. The van der Waals surface area contributed by atoms with E-state index in [1.54, 1.807) is 0 Å². The number of rotatable bonds is 0. The first-order chi connectivity index (χ1) is 7.54. The minimum Gasteiger partial charge on any atom is -0.201 e. The van der Waals surface area contributed by atoms with Gasteiger partial charge in [-0.1, -0.05) is 0 Å². The molecule has 0 saturated carbocycles. The molecule has 16 heavy (non-hydrogen) atoms. The summed E-state index contributed by atoms with van der Waals surface area (Å²) in [6.07, 6.45) is 1.98. The standard InChI is InChI=1S/C8F4N4/c9-3-5(11)8(16-2-14)6(12)4(10)7(3)15-1-13. The van der Waals surface area contributed by atoms with Gasteiger partial charge in [-0.3, -0.25) is 0 Å². The Balaban J connectivity index is 3.52. The van der Waals surface area contributed by atoms with Crippen LogP contribution in [0.5, 0.6) is 0 Å². The van der Waals surface area contributed by atoms with Crippen LogP contribution in [-0.4, -0.2) is 11.4 Å². The highest BCUT2D eigenvalue weighted by atomic mass is 19.2. The number of hydrogen-bond donors (Lipinski definition) is 0. The van der Waals surface area contributed by atoms with Crippen molar-refractivity contribution in [1.82, 2.24) is 0 Å². The molecule has 0 aliphatic heterocycles. The smallest absolute Gasteiger partial charge is 0.201 e. The second kappa shape index (κ2) is 4.36. The molecule has 4 nitrogen and oxygen atoms in total. The van der Waals surface area contributed by atoms with Gasteiger partial charge in [-0.15, -0.1) is 0 Å². The summed E-state index contributed by atoms with van der Waals surface area (Å²) in [5.74, 6) is -7.52. The Labute approximate surface area is 86.1 Å². The van der Waals surface area contributed by atoms with Crippen molar-refractivity contribution in [2.24, 2.45) is 9.98 Å². The average Bonchev–Trinajstić information content (AvgIpc) is 2.28. The Morgan fingerprint density at radius 2 is 0.938 bits per heavy atom. The van der Waals surface area contributed by atoms with Crippen molar-refractivity contribution in [1.29, 1.82) is 10.5 Å². The van der Waals surface area contributed by atoms with Gasteiger partial charge in [-0.2, -0.15) is 20.5 Å². The van der Waals surface area contributed by atoms with Crippen LogP contribution in [0.2, 0.25) is 0 Å². The molecule has 0 spiro atoms. The maximum absolute atomic E-state index is 13.0. The zero-order chi connectivity index (χ0) is 12.3. The van der Waals surface area contributed by atoms with E-state index in [9.17, 15) is 17.6 Å². The van der Waals surface area contributed by atoms with E-state index in [1.165, 1.54) is 0 Å². The molecular weight excluding hydrogens is 228 g/mol. The van der Waals surface area contributed by atoms with Gasteiger partial charge >= 0.3 is 0 Å². The molecule has 0 unspecified atom stereocenters. The highest BCUT2D eigenvalue weighted by Crippen LogP contribution is 2.29. The van der Waals surface area contributed by atoms with Gasteiger partial charge < -0.3 is 0 Å². The van der Waals surface area contributed by atoms with Crippen LogP contribution in [0, 0.1) is 22.9 Å². The zero-order valence-corrected chi connectivity index (χ0v) is 7.30. The number of allylic oxidation sites excluding steroid dienone is 4. The number of nitriles is 2. The minimum atomic E-state index is -1.88. The molecule has 0 heterocycles. The number of hydrogen-bond acceptors (Lipinski definition) is 4. The van der Waals surface area contributed by atoms with Crippen LogP contribution in [0.4, 0.5) is 17.6 Å². The molecule has 0 atom stereocenters. The third-order valence-electron chi connectivity index (χ3n) is 1.54. The van der Waals surface area contributed by atoms with E-state index >= 15 is 0 Å². The van der Waals surface area contributed by atoms with Crippen LogP contribution in [0.3, 0.4) is 0 Å². The maximum atomic E-state index is 13.0. The predicted molar refractivity (Wildman–Crippen MR) is 44.6 cm³/mol. The number of nitrogens with zero attached hydrogens (tertiary/aromatic N) is 4. The summed E-state index contributed by atoms with van der Waals surface area (Å²) >= 11 is 0. The molecule has 0 radical (unpaired) electrons. The van der Waals surface area contributed by atoms with Crippen molar-refractivity contribution < 1.29 is 17.6 Å². The van der Waals surface area contributed by atoms with E-state index in [2.05, 4.69) is 9.98 Å². The fourth-order valence-electron chi connectivity index (χ4n) is 0.905. The normalized spacial score (nSPS) is 15.9. The van der Waals surface area contributed by atoms with E-state index in [-0.39, 0.29) is 0 Å². The molecule has 0 fully saturated rings. The van der Waals surface area contributed by atoms with Crippen molar-refractivity contribution in [2.45, 2.75) is 0 Å². The van der Waals surface area contributed by atoms with Crippen LogP contribution in [0.1, 0.15) is 0 Å². The van der Waals surface area contributed by atoms with Crippen LogP contribution in [0.25, 0.3) is 0 Å². The zero-order valence-electron chi connectivity index (χ0n) is 7.30. The predicted octanol–water partition coefficient (Wildman–Crippen LogP) is 2.15. The van der Waals surface area contributed by atoms with Gasteiger partial charge in [-0.25, -0.2) is 17.6 Å². The second-order valence-electron chi connectivity index (χ2n) is 2.38. The van der Waals surface area contributed by atoms with Gasteiger partial charge in [0.2, 0.25) is 12.4 Å². The van der Waals surface area contributed by atoms with Crippen LogP contribution in [-0.2, 0) is 0 Å². The second-order valence-corrected chi connectivity index (χ2v) is 2.38. The number of halogens is 4. The molecule has 80 valence electrons. The molecule has 8 heteroatoms.